The molecule has 27 heavy (non-hydrogen) atoms. The van der Waals surface area contributed by atoms with Crippen molar-refractivity contribution in [1.29, 1.82) is 0 Å². The first kappa shape index (κ1) is 23.8. The second-order valence-corrected chi connectivity index (χ2v) is 6.93. The van der Waals surface area contributed by atoms with E-state index in [4.69, 9.17) is 9.47 Å². The zero-order chi connectivity index (χ0) is 18.6. The topological polar surface area (TPSA) is 58.1 Å². The molecule has 2 N–H and O–H groups in total. The highest BCUT2D eigenvalue weighted by Crippen LogP contribution is 2.32. The summed E-state index contributed by atoms with van der Waals surface area (Å²) >= 11 is 0. The molecular formula is C20H35IN4O2. The molecule has 1 aromatic carbocycles. The molecule has 2 rings (SSSR count). The Hall–Kier alpha value is -1.22. The van der Waals surface area contributed by atoms with Crippen molar-refractivity contribution in [1.82, 2.24) is 15.5 Å². The summed E-state index contributed by atoms with van der Waals surface area (Å²) in [5, 5.41) is 6.76. The first-order valence-corrected chi connectivity index (χ1v) is 9.67. The number of aliphatic imine (C=N–C) groups is 1. The number of unbranched alkanes of at least 4 members (excludes halogenated alkanes) is 4. The minimum atomic E-state index is 0. The number of ether oxygens (including phenoxy) is 2. The van der Waals surface area contributed by atoms with Crippen LogP contribution in [-0.2, 0) is 6.42 Å². The predicted molar refractivity (Wildman–Crippen MR) is 123 cm³/mol. The molecule has 0 amide bonds. The maximum atomic E-state index is 5.42. The van der Waals surface area contributed by atoms with Gasteiger partial charge in [0.15, 0.2) is 17.5 Å². The largest absolute Gasteiger partial charge is 0.454 e. The van der Waals surface area contributed by atoms with Gasteiger partial charge in [0.25, 0.3) is 0 Å². The van der Waals surface area contributed by atoms with E-state index in [-0.39, 0.29) is 24.0 Å². The quantitative estimate of drug-likeness (QED) is 0.216. The number of rotatable bonds is 11. The summed E-state index contributed by atoms with van der Waals surface area (Å²) < 4.78 is 10.8. The van der Waals surface area contributed by atoms with Crippen LogP contribution in [0.2, 0.25) is 0 Å². The van der Waals surface area contributed by atoms with Crippen molar-refractivity contribution in [3.05, 3.63) is 23.8 Å². The molecule has 1 heterocycles. The molecule has 0 unspecified atom stereocenters. The first-order chi connectivity index (χ1) is 12.7. The van der Waals surface area contributed by atoms with Gasteiger partial charge < -0.3 is 25.0 Å². The van der Waals surface area contributed by atoms with Gasteiger partial charge in [0.05, 0.1) is 0 Å². The summed E-state index contributed by atoms with van der Waals surface area (Å²) in [5.41, 5.74) is 1.23. The Kier molecular flexibility index (Phi) is 12.2. The van der Waals surface area contributed by atoms with Gasteiger partial charge in [-0.1, -0.05) is 25.3 Å². The Morgan fingerprint density at radius 1 is 1.00 bits per heavy atom. The normalized spacial score (nSPS) is 12.8. The number of halogens is 1. The van der Waals surface area contributed by atoms with Crippen LogP contribution in [0.3, 0.4) is 0 Å². The summed E-state index contributed by atoms with van der Waals surface area (Å²) in [4.78, 5) is 6.54. The Balaban J connectivity index is 0.00000364. The van der Waals surface area contributed by atoms with Gasteiger partial charge in [0.2, 0.25) is 6.79 Å². The molecule has 6 nitrogen and oxygen atoms in total. The smallest absolute Gasteiger partial charge is 0.231 e. The van der Waals surface area contributed by atoms with Crippen molar-refractivity contribution >= 4 is 29.9 Å². The molecule has 154 valence electrons. The molecule has 1 aliphatic rings. The van der Waals surface area contributed by atoms with E-state index >= 15 is 0 Å². The standard InChI is InChI=1S/C20H34N4O2.HI/c1-21-20(22-12-7-5-4-6-8-14-24(2)3)23-13-11-17-9-10-18-19(15-17)26-16-25-18;/h9-10,15H,4-8,11-14,16H2,1-3H3,(H2,21,22,23);1H. The fourth-order valence-electron chi connectivity index (χ4n) is 2.93. The lowest BCUT2D eigenvalue weighted by atomic mass is 10.1. The lowest BCUT2D eigenvalue weighted by Crippen LogP contribution is -2.38. The third-order valence-corrected chi connectivity index (χ3v) is 4.44. The Morgan fingerprint density at radius 2 is 1.70 bits per heavy atom. The average Bonchev–Trinajstić information content (AvgIpc) is 3.10. The van der Waals surface area contributed by atoms with Crippen LogP contribution in [0.1, 0.15) is 37.7 Å². The molecule has 0 aromatic heterocycles. The maximum Gasteiger partial charge on any atom is 0.231 e. The highest BCUT2D eigenvalue weighted by molar-refractivity contribution is 14.0. The van der Waals surface area contributed by atoms with E-state index in [9.17, 15) is 0 Å². The Bertz CT molecular complexity index is 567. The van der Waals surface area contributed by atoms with Gasteiger partial charge in [-0.05, 0) is 57.6 Å². The monoisotopic (exact) mass is 490 g/mol. The number of hydrogen-bond acceptors (Lipinski definition) is 4. The molecule has 0 saturated heterocycles. The summed E-state index contributed by atoms with van der Waals surface area (Å²) in [6, 6.07) is 6.11. The second kappa shape index (κ2) is 13.9. The minimum absolute atomic E-state index is 0. The van der Waals surface area contributed by atoms with Crippen LogP contribution >= 0.6 is 24.0 Å². The fraction of sp³-hybridized carbons (Fsp3) is 0.650. The molecular weight excluding hydrogens is 455 g/mol. The molecule has 1 aliphatic heterocycles. The summed E-state index contributed by atoms with van der Waals surface area (Å²) in [6.07, 6.45) is 7.30. The predicted octanol–water partition coefficient (Wildman–Crippen LogP) is 3.25. The van der Waals surface area contributed by atoms with Gasteiger partial charge >= 0.3 is 0 Å². The molecule has 0 saturated carbocycles. The molecule has 0 aliphatic carbocycles. The van der Waals surface area contributed by atoms with Crippen LogP contribution in [-0.4, -0.2) is 58.4 Å². The number of hydrogen-bond donors (Lipinski definition) is 2. The van der Waals surface area contributed by atoms with E-state index < -0.39 is 0 Å². The number of nitrogens with zero attached hydrogens (tertiary/aromatic N) is 2. The van der Waals surface area contributed by atoms with Crippen molar-refractivity contribution in [3.8, 4) is 11.5 Å². The van der Waals surface area contributed by atoms with Crippen molar-refractivity contribution < 1.29 is 9.47 Å². The van der Waals surface area contributed by atoms with Gasteiger partial charge in [-0.15, -0.1) is 24.0 Å². The fourth-order valence-corrected chi connectivity index (χ4v) is 2.93. The Morgan fingerprint density at radius 3 is 2.48 bits per heavy atom. The lowest BCUT2D eigenvalue weighted by molar-refractivity contribution is 0.174. The van der Waals surface area contributed by atoms with Crippen LogP contribution in [0.5, 0.6) is 11.5 Å². The van der Waals surface area contributed by atoms with Gasteiger partial charge in [-0.3, -0.25) is 4.99 Å². The number of fused-ring (bicyclic) bond motifs is 1. The van der Waals surface area contributed by atoms with Crippen LogP contribution in [0.4, 0.5) is 0 Å². The van der Waals surface area contributed by atoms with Crippen molar-refractivity contribution in [2.75, 3.05) is 47.6 Å². The van der Waals surface area contributed by atoms with E-state index in [1.54, 1.807) is 0 Å². The highest BCUT2D eigenvalue weighted by atomic mass is 127. The second-order valence-electron chi connectivity index (χ2n) is 6.93. The molecule has 0 atom stereocenters. The average molecular weight is 490 g/mol. The zero-order valence-electron chi connectivity index (χ0n) is 16.9. The highest BCUT2D eigenvalue weighted by Gasteiger charge is 2.12. The van der Waals surface area contributed by atoms with Gasteiger partial charge in [0.1, 0.15) is 0 Å². The zero-order valence-corrected chi connectivity index (χ0v) is 19.3. The number of benzene rings is 1. The molecule has 7 heteroatoms. The Labute approximate surface area is 181 Å². The van der Waals surface area contributed by atoms with E-state index in [0.717, 1.165) is 37.0 Å². The number of nitrogens with one attached hydrogen (secondary N) is 2. The van der Waals surface area contributed by atoms with Crippen LogP contribution < -0.4 is 20.1 Å². The lowest BCUT2D eigenvalue weighted by Gasteiger charge is -2.12. The summed E-state index contributed by atoms with van der Waals surface area (Å²) in [7, 11) is 6.08. The van der Waals surface area contributed by atoms with Crippen molar-refractivity contribution in [2.24, 2.45) is 4.99 Å². The summed E-state index contributed by atoms with van der Waals surface area (Å²) in [5.74, 6) is 2.55. The van der Waals surface area contributed by atoms with E-state index in [1.807, 2.05) is 13.1 Å². The minimum Gasteiger partial charge on any atom is -0.454 e. The van der Waals surface area contributed by atoms with E-state index in [0.29, 0.717) is 6.79 Å². The van der Waals surface area contributed by atoms with E-state index in [2.05, 4.69) is 46.8 Å². The third kappa shape index (κ3) is 9.51. The van der Waals surface area contributed by atoms with Crippen LogP contribution in [0.25, 0.3) is 0 Å². The molecule has 0 radical (unpaired) electrons. The first-order valence-electron chi connectivity index (χ1n) is 9.67. The molecule has 0 spiro atoms. The van der Waals surface area contributed by atoms with Gasteiger partial charge in [0, 0.05) is 20.1 Å². The van der Waals surface area contributed by atoms with Crippen LogP contribution in [0.15, 0.2) is 23.2 Å². The van der Waals surface area contributed by atoms with Crippen molar-refractivity contribution in [2.45, 2.75) is 38.5 Å². The van der Waals surface area contributed by atoms with Crippen molar-refractivity contribution in [3.63, 3.8) is 0 Å². The number of guanidine groups is 1. The molecule has 0 fully saturated rings. The maximum absolute atomic E-state index is 5.42. The van der Waals surface area contributed by atoms with Crippen LogP contribution in [0, 0.1) is 0 Å². The SMILES string of the molecule is CN=C(NCCCCCCCN(C)C)NCCc1ccc2c(c1)OCO2.I. The molecule has 0 bridgehead atoms. The molecule has 1 aromatic rings. The van der Waals surface area contributed by atoms with E-state index in [1.165, 1.54) is 44.2 Å². The van der Waals surface area contributed by atoms with Gasteiger partial charge in [-0.2, -0.15) is 0 Å². The third-order valence-electron chi connectivity index (χ3n) is 4.44. The van der Waals surface area contributed by atoms with Gasteiger partial charge in [-0.25, -0.2) is 0 Å². The summed E-state index contributed by atoms with van der Waals surface area (Å²) in [6.45, 7) is 3.32.